The quantitative estimate of drug-likeness (QED) is 0.557. The van der Waals surface area contributed by atoms with Crippen molar-refractivity contribution in [3.8, 4) is 5.75 Å². The van der Waals surface area contributed by atoms with Crippen LogP contribution in [0.4, 0.5) is 5.69 Å². The fraction of sp³-hybridized carbons (Fsp3) is 0.533. The summed E-state index contributed by atoms with van der Waals surface area (Å²) in [6.07, 6.45) is 2.24. The van der Waals surface area contributed by atoms with Crippen LogP contribution in [0.5, 0.6) is 5.75 Å². The lowest BCUT2D eigenvalue weighted by Gasteiger charge is -2.29. The van der Waals surface area contributed by atoms with E-state index < -0.39 is 4.92 Å². The number of carbonyl (C=O) groups excluding carboxylic acids is 1. The minimum atomic E-state index is -0.570. The third-order valence-corrected chi connectivity index (χ3v) is 4.27. The van der Waals surface area contributed by atoms with Gasteiger partial charge in [0.1, 0.15) is 0 Å². The fourth-order valence-electron chi connectivity index (χ4n) is 2.43. The number of nitrogens with one attached hydrogen (secondary N) is 1. The highest BCUT2D eigenvalue weighted by Gasteiger charge is 2.41. The number of nitro benzene ring substituents is 1. The number of nitro groups is 1. The number of hydrogen-bond acceptors (Lipinski definition) is 5. The number of amides is 1. The summed E-state index contributed by atoms with van der Waals surface area (Å²) in [6, 6.07) is 4.14. The van der Waals surface area contributed by atoms with Crippen LogP contribution in [0.15, 0.2) is 18.2 Å². The molecule has 0 aromatic heterocycles. The van der Waals surface area contributed by atoms with E-state index in [0.717, 1.165) is 12.8 Å². The first-order chi connectivity index (χ1) is 10.9. The van der Waals surface area contributed by atoms with Crippen LogP contribution >= 0.6 is 11.6 Å². The number of benzene rings is 1. The lowest BCUT2D eigenvalue weighted by molar-refractivity contribution is -0.385. The predicted octanol–water partition coefficient (Wildman–Crippen LogP) is 2.26. The highest BCUT2D eigenvalue weighted by atomic mass is 35.5. The highest BCUT2D eigenvalue weighted by molar-refractivity contribution is 6.30. The molecule has 1 unspecified atom stereocenters. The lowest BCUT2D eigenvalue weighted by Crippen LogP contribution is -2.53. The molecule has 1 atom stereocenters. The highest BCUT2D eigenvalue weighted by Crippen LogP contribution is 2.39. The first kappa shape index (κ1) is 17.5. The van der Waals surface area contributed by atoms with Gasteiger partial charge in [-0.15, -0.1) is 0 Å². The summed E-state index contributed by atoms with van der Waals surface area (Å²) in [6.45, 7) is 2.36. The van der Waals surface area contributed by atoms with Crippen LogP contribution in [0, 0.1) is 16.0 Å². The summed E-state index contributed by atoms with van der Waals surface area (Å²) in [4.78, 5) is 22.4. The zero-order chi connectivity index (χ0) is 17.0. The van der Waals surface area contributed by atoms with E-state index in [9.17, 15) is 14.9 Å². The Kier molecular flexibility index (Phi) is 5.43. The Labute approximate surface area is 139 Å². The molecule has 3 N–H and O–H groups in total. The van der Waals surface area contributed by atoms with E-state index in [1.807, 2.05) is 6.92 Å². The zero-order valence-electron chi connectivity index (χ0n) is 12.9. The molecule has 1 saturated carbocycles. The normalized spacial score (nSPS) is 16.5. The summed E-state index contributed by atoms with van der Waals surface area (Å²) in [7, 11) is 0. The monoisotopic (exact) mass is 341 g/mol. The van der Waals surface area contributed by atoms with Gasteiger partial charge in [-0.3, -0.25) is 14.9 Å². The summed E-state index contributed by atoms with van der Waals surface area (Å²) < 4.78 is 5.36. The number of ether oxygens (including phenoxy) is 1. The first-order valence-corrected chi connectivity index (χ1v) is 7.81. The Balaban J connectivity index is 1.87. The molecule has 0 bridgehead atoms. The Morgan fingerprint density at radius 3 is 2.83 bits per heavy atom. The smallest absolute Gasteiger partial charge is 0.312 e. The van der Waals surface area contributed by atoms with Gasteiger partial charge in [0.25, 0.3) is 0 Å². The van der Waals surface area contributed by atoms with Crippen molar-refractivity contribution in [1.82, 2.24) is 5.32 Å². The minimum absolute atomic E-state index is 0.0413. The van der Waals surface area contributed by atoms with Gasteiger partial charge in [0.15, 0.2) is 5.75 Å². The molecule has 1 aliphatic carbocycles. The van der Waals surface area contributed by atoms with E-state index in [0.29, 0.717) is 12.5 Å². The summed E-state index contributed by atoms with van der Waals surface area (Å²) in [5, 5.41) is 14.1. The lowest BCUT2D eigenvalue weighted by atomic mass is 9.96. The molecule has 0 radical (unpaired) electrons. The summed E-state index contributed by atoms with van der Waals surface area (Å²) in [5.41, 5.74) is 5.14. The van der Waals surface area contributed by atoms with Gasteiger partial charge in [0, 0.05) is 17.6 Å². The maximum atomic E-state index is 12.0. The van der Waals surface area contributed by atoms with Crippen molar-refractivity contribution < 1.29 is 14.5 Å². The van der Waals surface area contributed by atoms with Crippen molar-refractivity contribution in [3.63, 3.8) is 0 Å². The zero-order valence-corrected chi connectivity index (χ0v) is 13.6. The summed E-state index contributed by atoms with van der Waals surface area (Å²) in [5.74, 6) is 0.340. The molecule has 1 fully saturated rings. The van der Waals surface area contributed by atoms with Crippen molar-refractivity contribution in [2.24, 2.45) is 11.7 Å². The van der Waals surface area contributed by atoms with E-state index in [-0.39, 0.29) is 40.9 Å². The van der Waals surface area contributed by atoms with Gasteiger partial charge < -0.3 is 15.8 Å². The van der Waals surface area contributed by atoms with E-state index in [1.165, 1.54) is 18.2 Å². The van der Waals surface area contributed by atoms with Gasteiger partial charge in [-0.25, -0.2) is 0 Å². The first-order valence-electron chi connectivity index (χ1n) is 7.43. The van der Waals surface area contributed by atoms with Crippen LogP contribution in [0.3, 0.4) is 0 Å². The van der Waals surface area contributed by atoms with E-state index >= 15 is 0 Å². The largest absolute Gasteiger partial charge is 0.486 e. The van der Waals surface area contributed by atoms with E-state index in [1.54, 1.807) is 0 Å². The SMILES string of the molecule is CC(CN)(NC(=O)CCOc1ccc(Cl)cc1[N+](=O)[O-])C1CC1. The summed E-state index contributed by atoms with van der Waals surface area (Å²) >= 11 is 5.73. The van der Waals surface area contributed by atoms with E-state index in [2.05, 4.69) is 5.32 Å². The van der Waals surface area contributed by atoms with Crippen molar-refractivity contribution in [1.29, 1.82) is 0 Å². The number of rotatable bonds is 8. The Bertz CT molecular complexity index is 606. The molecule has 1 aromatic carbocycles. The minimum Gasteiger partial charge on any atom is -0.486 e. The fourth-order valence-corrected chi connectivity index (χ4v) is 2.60. The van der Waals surface area contributed by atoms with Gasteiger partial charge in [-0.1, -0.05) is 11.6 Å². The topological polar surface area (TPSA) is 107 Å². The average Bonchev–Trinajstić information content (AvgIpc) is 3.33. The van der Waals surface area contributed by atoms with Crippen LogP contribution < -0.4 is 15.8 Å². The molecule has 0 saturated heterocycles. The molecule has 0 aliphatic heterocycles. The molecule has 23 heavy (non-hydrogen) atoms. The molecule has 0 spiro atoms. The van der Waals surface area contributed by atoms with Gasteiger partial charge in [-0.2, -0.15) is 0 Å². The van der Waals surface area contributed by atoms with Crippen LogP contribution in [0.1, 0.15) is 26.2 Å². The molecular formula is C15H20ClN3O4. The van der Waals surface area contributed by atoms with Gasteiger partial charge in [0.2, 0.25) is 5.91 Å². The van der Waals surface area contributed by atoms with Gasteiger partial charge >= 0.3 is 5.69 Å². The van der Waals surface area contributed by atoms with Crippen molar-refractivity contribution in [2.75, 3.05) is 13.2 Å². The van der Waals surface area contributed by atoms with Gasteiger partial charge in [-0.05, 0) is 37.8 Å². The second kappa shape index (κ2) is 7.14. The number of nitrogens with zero attached hydrogens (tertiary/aromatic N) is 1. The second-order valence-corrected chi connectivity index (χ2v) is 6.35. The third-order valence-electron chi connectivity index (χ3n) is 4.03. The Morgan fingerprint density at radius 1 is 1.57 bits per heavy atom. The Hall–Kier alpha value is -1.86. The molecule has 7 nitrogen and oxygen atoms in total. The second-order valence-electron chi connectivity index (χ2n) is 5.91. The van der Waals surface area contributed by atoms with E-state index in [4.69, 9.17) is 22.1 Å². The maximum absolute atomic E-state index is 12.0. The number of hydrogen-bond donors (Lipinski definition) is 2. The van der Waals surface area contributed by atoms with Gasteiger partial charge in [0.05, 0.1) is 23.5 Å². The molecular weight excluding hydrogens is 322 g/mol. The van der Waals surface area contributed by atoms with Crippen LogP contribution in [0.2, 0.25) is 5.02 Å². The van der Waals surface area contributed by atoms with Crippen molar-refractivity contribution in [3.05, 3.63) is 33.3 Å². The molecule has 126 valence electrons. The number of nitrogens with two attached hydrogens (primary N) is 1. The van der Waals surface area contributed by atoms with Crippen LogP contribution in [-0.2, 0) is 4.79 Å². The predicted molar refractivity (Wildman–Crippen MR) is 86.5 cm³/mol. The molecule has 8 heteroatoms. The van der Waals surface area contributed by atoms with Crippen LogP contribution in [-0.4, -0.2) is 29.5 Å². The molecule has 1 aromatic rings. The maximum Gasteiger partial charge on any atom is 0.312 e. The average molecular weight is 342 g/mol. The molecule has 0 heterocycles. The number of carbonyl (C=O) groups is 1. The Morgan fingerprint density at radius 2 is 2.26 bits per heavy atom. The number of halogens is 1. The molecule has 2 rings (SSSR count). The van der Waals surface area contributed by atoms with Crippen molar-refractivity contribution >= 4 is 23.2 Å². The standard InChI is InChI=1S/C15H20ClN3O4/c1-15(9-17,10-2-3-10)18-14(20)6-7-23-13-5-4-11(16)8-12(13)19(21)22/h4-5,8,10H,2-3,6-7,9,17H2,1H3,(H,18,20). The molecule has 1 aliphatic rings. The third kappa shape index (κ3) is 4.56. The van der Waals surface area contributed by atoms with Crippen LogP contribution in [0.25, 0.3) is 0 Å². The molecule has 1 amide bonds. The van der Waals surface area contributed by atoms with Crippen molar-refractivity contribution in [2.45, 2.75) is 31.7 Å².